The Hall–Kier alpha value is -2.70. The number of aromatic nitrogens is 2. The van der Waals surface area contributed by atoms with Crippen molar-refractivity contribution in [3.8, 4) is 11.4 Å². The molecule has 0 radical (unpaired) electrons. The van der Waals surface area contributed by atoms with E-state index in [4.69, 9.17) is 9.72 Å². The van der Waals surface area contributed by atoms with Crippen molar-refractivity contribution < 1.29 is 9.53 Å². The van der Waals surface area contributed by atoms with Gasteiger partial charge in [-0.1, -0.05) is 54.2 Å². The number of nitrogens with zero attached hydrogens (tertiary/aromatic N) is 2. The molecule has 0 N–H and O–H groups in total. The summed E-state index contributed by atoms with van der Waals surface area (Å²) in [4.78, 5) is 22.3. The molecule has 4 aromatic rings. The highest BCUT2D eigenvalue weighted by Crippen LogP contribution is 2.37. The first-order chi connectivity index (χ1) is 12.8. The van der Waals surface area contributed by atoms with Crippen LogP contribution in [0.4, 0.5) is 0 Å². The molecule has 0 saturated heterocycles. The van der Waals surface area contributed by atoms with Gasteiger partial charge in [0.25, 0.3) is 0 Å². The molecule has 0 spiro atoms. The predicted octanol–water partition coefficient (Wildman–Crippen LogP) is 5.30. The SMILES string of the molecule is COC(=O)c1ccccc1Sc1nc(-c2ccccc2)nc2ccsc12. The Labute approximate surface area is 158 Å². The second-order valence-electron chi connectivity index (χ2n) is 5.44. The van der Waals surface area contributed by atoms with E-state index in [1.807, 2.05) is 60.0 Å². The summed E-state index contributed by atoms with van der Waals surface area (Å²) < 4.78 is 5.91. The molecule has 0 aliphatic heterocycles. The normalized spacial score (nSPS) is 10.8. The highest BCUT2D eigenvalue weighted by atomic mass is 32.2. The van der Waals surface area contributed by atoms with Gasteiger partial charge < -0.3 is 4.74 Å². The summed E-state index contributed by atoms with van der Waals surface area (Å²) in [5, 5.41) is 2.84. The predicted molar refractivity (Wildman–Crippen MR) is 105 cm³/mol. The molecule has 0 aliphatic carbocycles. The zero-order chi connectivity index (χ0) is 17.9. The fourth-order valence-electron chi connectivity index (χ4n) is 2.56. The van der Waals surface area contributed by atoms with Gasteiger partial charge in [-0.05, 0) is 23.6 Å². The van der Waals surface area contributed by atoms with Crippen molar-refractivity contribution in [3.63, 3.8) is 0 Å². The molecule has 128 valence electrons. The van der Waals surface area contributed by atoms with E-state index in [1.54, 1.807) is 17.4 Å². The molecule has 4 nitrogen and oxygen atoms in total. The van der Waals surface area contributed by atoms with Crippen LogP contribution in [-0.4, -0.2) is 23.0 Å². The van der Waals surface area contributed by atoms with Crippen molar-refractivity contribution in [2.24, 2.45) is 0 Å². The van der Waals surface area contributed by atoms with Crippen LogP contribution in [0, 0.1) is 0 Å². The summed E-state index contributed by atoms with van der Waals surface area (Å²) in [6.45, 7) is 0. The van der Waals surface area contributed by atoms with E-state index in [9.17, 15) is 4.79 Å². The van der Waals surface area contributed by atoms with E-state index >= 15 is 0 Å². The van der Waals surface area contributed by atoms with Gasteiger partial charge >= 0.3 is 5.97 Å². The number of rotatable bonds is 4. The lowest BCUT2D eigenvalue weighted by Crippen LogP contribution is -2.03. The van der Waals surface area contributed by atoms with E-state index in [2.05, 4.69) is 4.98 Å². The zero-order valence-corrected chi connectivity index (χ0v) is 15.5. The van der Waals surface area contributed by atoms with Gasteiger partial charge in [-0.15, -0.1) is 11.3 Å². The molecule has 0 fully saturated rings. The number of ether oxygens (including phenoxy) is 1. The van der Waals surface area contributed by atoms with E-state index in [0.717, 1.165) is 25.7 Å². The van der Waals surface area contributed by atoms with Crippen LogP contribution >= 0.6 is 23.1 Å². The van der Waals surface area contributed by atoms with E-state index < -0.39 is 0 Å². The molecule has 0 atom stereocenters. The van der Waals surface area contributed by atoms with Gasteiger partial charge in [0.05, 0.1) is 22.9 Å². The van der Waals surface area contributed by atoms with Crippen molar-refractivity contribution in [1.82, 2.24) is 9.97 Å². The minimum Gasteiger partial charge on any atom is -0.465 e. The first-order valence-corrected chi connectivity index (χ1v) is 9.62. The standard InChI is InChI=1S/C20H14N2O2S2/c1-24-20(23)14-9-5-6-10-16(14)26-19-17-15(11-12-25-17)21-18(22-19)13-7-3-2-4-8-13/h2-12H,1H3. The lowest BCUT2D eigenvalue weighted by Gasteiger charge is -2.09. The molecule has 0 saturated carbocycles. The molecular weight excluding hydrogens is 364 g/mol. The lowest BCUT2D eigenvalue weighted by atomic mass is 10.2. The third-order valence-electron chi connectivity index (χ3n) is 3.80. The minimum absolute atomic E-state index is 0.354. The summed E-state index contributed by atoms with van der Waals surface area (Å²) in [6, 6.07) is 19.3. The fourth-order valence-corrected chi connectivity index (χ4v) is 4.49. The molecule has 26 heavy (non-hydrogen) atoms. The van der Waals surface area contributed by atoms with Crippen LogP contribution in [0.25, 0.3) is 21.6 Å². The minimum atomic E-state index is -0.354. The monoisotopic (exact) mass is 378 g/mol. The van der Waals surface area contributed by atoms with E-state index in [0.29, 0.717) is 11.4 Å². The van der Waals surface area contributed by atoms with Crippen LogP contribution in [0.5, 0.6) is 0 Å². The number of esters is 1. The van der Waals surface area contributed by atoms with Crippen LogP contribution in [0.15, 0.2) is 76.0 Å². The first kappa shape index (κ1) is 16.8. The zero-order valence-electron chi connectivity index (χ0n) is 13.9. The molecule has 0 bridgehead atoms. The van der Waals surface area contributed by atoms with Gasteiger partial charge in [0.1, 0.15) is 5.03 Å². The second-order valence-corrected chi connectivity index (χ2v) is 7.39. The molecule has 2 aromatic heterocycles. The summed E-state index contributed by atoms with van der Waals surface area (Å²) in [5.41, 5.74) is 2.40. The summed E-state index contributed by atoms with van der Waals surface area (Å²) in [7, 11) is 1.39. The molecule has 0 amide bonds. The molecule has 0 aliphatic rings. The summed E-state index contributed by atoms with van der Waals surface area (Å²) in [6.07, 6.45) is 0. The molecule has 0 unspecified atom stereocenters. The maximum atomic E-state index is 12.1. The number of methoxy groups -OCH3 is 1. The first-order valence-electron chi connectivity index (χ1n) is 7.92. The number of carbonyl (C=O) groups excluding carboxylic acids is 1. The van der Waals surface area contributed by atoms with Gasteiger partial charge in [0.2, 0.25) is 0 Å². The molecule has 6 heteroatoms. The van der Waals surface area contributed by atoms with Crippen LogP contribution < -0.4 is 0 Å². The van der Waals surface area contributed by atoms with Crippen molar-refractivity contribution in [2.75, 3.05) is 7.11 Å². The van der Waals surface area contributed by atoms with E-state index in [-0.39, 0.29) is 5.97 Å². The number of carbonyl (C=O) groups is 1. The third kappa shape index (κ3) is 3.21. The van der Waals surface area contributed by atoms with Gasteiger partial charge in [-0.3, -0.25) is 0 Å². The van der Waals surface area contributed by atoms with Crippen molar-refractivity contribution in [2.45, 2.75) is 9.92 Å². The average molecular weight is 378 g/mol. The lowest BCUT2D eigenvalue weighted by molar-refractivity contribution is 0.0597. The van der Waals surface area contributed by atoms with Crippen molar-refractivity contribution in [3.05, 3.63) is 71.6 Å². The van der Waals surface area contributed by atoms with Crippen molar-refractivity contribution >= 4 is 39.3 Å². The fraction of sp³-hybridized carbons (Fsp3) is 0.0500. The Kier molecular flexibility index (Phi) is 4.69. The van der Waals surface area contributed by atoms with Gasteiger partial charge in [-0.25, -0.2) is 14.8 Å². The number of benzene rings is 2. The molecule has 2 aromatic carbocycles. The Balaban J connectivity index is 1.82. The van der Waals surface area contributed by atoms with Crippen LogP contribution in [0.2, 0.25) is 0 Å². The largest absolute Gasteiger partial charge is 0.465 e. The number of hydrogen-bond donors (Lipinski definition) is 0. The summed E-state index contributed by atoms with van der Waals surface area (Å²) >= 11 is 3.05. The molecule has 2 heterocycles. The summed E-state index contributed by atoms with van der Waals surface area (Å²) in [5.74, 6) is 0.322. The molecule has 4 rings (SSSR count). The van der Waals surface area contributed by atoms with Crippen LogP contribution in [-0.2, 0) is 4.74 Å². The van der Waals surface area contributed by atoms with Gasteiger partial charge in [-0.2, -0.15) is 0 Å². The van der Waals surface area contributed by atoms with Gasteiger partial charge in [0, 0.05) is 10.5 Å². The van der Waals surface area contributed by atoms with Gasteiger partial charge in [0.15, 0.2) is 5.82 Å². The van der Waals surface area contributed by atoms with E-state index in [1.165, 1.54) is 18.9 Å². The highest BCUT2D eigenvalue weighted by Gasteiger charge is 2.16. The second kappa shape index (κ2) is 7.27. The Morgan fingerprint density at radius 2 is 1.77 bits per heavy atom. The molecular formula is C20H14N2O2S2. The van der Waals surface area contributed by atoms with Crippen LogP contribution in [0.3, 0.4) is 0 Å². The maximum absolute atomic E-state index is 12.1. The number of hydrogen-bond acceptors (Lipinski definition) is 6. The number of fused-ring (bicyclic) bond motifs is 1. The number of thiophene rings is 1. The quantitative estimate of drug-likeness (QED) is 0.356. The smallest absolute Gasteiger partial charge is 0.339 e. The van der Waals surface area contributed by atoms with Crippen molar-refractivity contribution in [1.29, 1.82) is 0 Å². The Morgan fingerprint density at radius 3 is 2.58 bits per heavy atom. The highest BCUT2D eigenvalue weighted by molar-refractivity contribution is 7.99. The third-order valence-corrected chi connectivity index (χ3v) is 5.91. The van der Waals surface area contributed by atoms with Crippen LogP contribution in [0.1, 0.15) is 10.4 Å². The maximum Gasteiger partial charge on any atom is 0.339 e. The Morgan fingerprint density at radius 1 is 1.00 bits per heavy atom. The average Bonchev–Trinajstić information content (AvgIpc) is 3.17. The Bertz CT molecular complexity index is 1080. The topological polar surface area (TPSA) is 52.1 Å².